The second kappa shape index (κ2) is 5.10. The van der Waals surface area contributed by atoms with Crippen LogP contribution in [0.3, 0.4) is 0 Å². The van der Waals surface area contributed by atoms with Gasteiger partial charge in [0.2, 0.25) is 0 Å². The minimum atomic E-state index is -0.961. The SMILES string of the molecule is COc1ccc2c(c1)[C@@]1(C)Cc3c(C(=O)O)n[nH]c3C(C)(C)[C@@H]1CC2. The largest absolute Gasteiger partial charge is 0.497 e. The molecule has 2 atom stereocenters. The molecule has 2 aliphatic carbocycles. The van der Waals surface area contributed by atoms with Crippen molar-refractivity contribution in [1.82, 2.24) is 10.2 Å². The third-order valence-corrected chi connectivity index (χ3v) is 6.53. The number of nitrogens with zero attached hydrogens (tertiary/aromatic N) is 1. The number of benzene rings is 1. The molecule has 1 heterocycles. The first-order chi connectivity index (χ1) is 11.8. The first kappa shape index (κ1) is 16.2. The second-order valence-electron chi connectivity index (χ2n) is 8.16. The van der Waals surface area contributed by atoms with Gasteiger partial charge in [0.25, 0.3) is 0 Å². The van der Waals surface area contributed by atoms with Crippen LogP contribution in [0.4, 0.5) is 0 Å². The Hall–Kier alpha value is -2.30. The molecule has 25 heavy (non-hydrogen) atoms. The third kappa shape index (κ3) is 2.08. The van der Waals surface area contributed by atoms with E-state index in [0.717, 1.165) is 29.8 Å². The Kier molecular flexibility index (Phi) is 3.30. The highest BCUT2D eigenvalue weighted by Crippen LogP contribution is 2.56. The number of hydrogen-bond acceptors (Lipinski definition) is 3. The minimum absolute atomic E-state index is 0.132. The lowest BCUT2D eigenvalue weighted by Gasteiger charge is -2.53. The van der Waals surface area contributed by atoms with E-state index >= 15 is 0 Å². The first-order valence-electron chi connectivity index (χ1n) is 8.77. The van der Waals surface area contributed by atoms with Gasteiger partial charge in [0.1, 0.15) is 5.75 Å². The summed E-state index contributed by atoms with van der Waals surface area (Å²) in [5, 5.41) is 16.7. The highest BCUT2D eigenvalue weighted by molar-refractivity contribution is 5.87. The van der Waals surface area contributed by atoms with Crippen molar-refractivity contribution >= 4 is 5.97 Å². The molecule has 0 saturated carbocycles. The molecule has 0 spiro atoms. The number of carboxylic acids is 1. The molecule has 2 N–H and O–H groups in total. The fraction of sp³-hybridized carbons (Fsp3) is 0.500. The molecular formula is C20H24N2O3. The number of methoxy groups -OCH3 is 1. The fourth-order valence-corrected chi connectivity index (χ4v) is 5.40. The summed E-state index contributed by atoms with van der Waals surface area (Å²) in [6, 6.07) is 6.32. The lowest BCUT2D eigenvalue weighted by atomic mass is 9.50. The number of aromatic amines is 1. The molecule has 4 rings (SSSR count). The molecule has 0 bridgehead atoms. The Morgan fingerprint density at radius 1 is 1.36 bits per heavy atom. The maximum absolute atomic E-state index is 11.7. The van der Waals surface area contributed by atoms with Gasteiger partial charge >= 0.3 is 5.97 Å². The molecule has 0 aliphatic heterocycles. The molecular weight excluding hydrogens is 316 g/mol. The van der Waals surface area contributed by atoms with Crippen LogP contribution in [-0.2, 0) is 23.7 Å². The summed E-state index contributed by atoms with van der Waals surface area (Å²) in [5.74, 6) is 0.307. The Morgan fingerprint density at radius 3 is 2.80 bits per heavy atom. The average molecular weight is 340 g/mol. The zero-order valence-electron chi connectivity index (χ0n) is 15.1. The smallest absolute Gasteiger partial charge is 0.356 e. The first-order valence-corrected chi connectivity index (χ1v) is 8.77. The monoisotopic (exact) mass is 340 g/mol. The molecule has 132 valence electrons. The van der Waals surface area contributed by atoms with Gasteiger partial charge in [-0.1, -0.05) is 26.8 Å². The van der Waals surface area contributed by atoms with Gasteiger partial charge in [-0.15, -0.1) is 0 Å². The number of nitrogens with one attached hydrogen (secondary N) is 1. The summed E-state index contributed by atoms with van der Waals surface area (Å²) in [6.07, 6.45) is 2.82. The Balaban J connectivity index is 1.94. The molecule has 2 aromatic rings. The van der Waals surface area contributed by atoms with Gasteiger partial charge < -0.3 is 9.84 Å². The molecule has 0 unspecified atom stereocenters. The topological polar surface area (TPSA) is 75.2 Å². The van der Waals surface area contributed by atoms with Crippen LogP contribution in [0.15, 0.2) is 18.2 Å². The lowest BCUT2D eigenvalue weighted by molar-refractivity contribution is 0.0687. The van der Waals surface area contributed by atoms with Crippen molar-refractivity contribution in [3.8, 4) is 5.75 Å². The zero-order valence-corrected chi connectivity index (χ0v) is 15.1. The molecule has 1 aromatic carbocycles. The van der Waals surface area contributed by atoms with Crippen LogP contribution in [0.5, 0.6) is 5.75 Å². The van der Waals surface area contributed by atoms with Crippen LogP contribution in [0, 0.1) is 5.92 Å². The van der Waals surface area contributed by atoms with Crippen molar-refractivity contribution in [2.45, 2.75) is 50.9 Å². The van der Waals surface area contributed by atoms with Crippen LogP contribution in [0.2, 0.25) is 0 Å². The van der Waals surface area contributed by atoms with Crippen LogP contribution >= 0.6 is 0 Å². The van der Waals surface area contributed by atoms with E-state index in [1.54, 1.807) is 7.11 Å². The van der Waals surface area contributed by atoms with Crippen LogP contribution < -0.4 is 4.74 Å². The lowest BCUT2D eigenvalue weighted by Crippen LogP contribution is -2.52. The number of aryl methyl sites for hydroxylation is 1. The average Bonchev–Trinajstić information content (AvgIpc) is 2.98. The molecule has 5 nitrogen and oxygen atoms in total. The second-order valence-corrected chi connectivity index (χ2v) is 8.16. The van der Waals surface area contributed by atoms with Crippen LogP contribution in [-0.4, -0.2) is 28.4 Å². The van der Waals surface area contributed by atoms with Gasteiger partial charge in [-0.3, -0.25) is 5.10 Å². The van der Waals surface area contributed by atoms with Gasteiger partial charge in [-0.25, -0.2) is 4.79 Å². The number of carbonyl (C=O) groups is 1. The van der Waals surface area contributed by atoms with Crippen molar-refractivity contribution in [2.24, 2.45) is 5.92 Å². The molecule has 1 aromatic heterocycles. The van der Waals surface area contributed by atoms with Gasteiger partial charge in [0, 0.05) is 22.1 Å². The van der Waals surface area contributed by atoms with E-state index in [9.17, 15) is 9.90 Å². The molecule has 0 amide bonds. The van der Waals surface area contributed by atoms with E-state index < -0.39 is 5.97 Å². The summed E-state index contributed by atoms with van der Waals surface area (Å²) in [4.78, 5) is 11.7. The fourth-order valence-electron chi connectivity index (χ4n) is 5.40. The number of hydrogen-bond donors (Lipinski definition) is 2. The highest BCUT2D eigenvalue weighted by Gasteiger charge is 2.54. The van der Waals surface area contributed by atoms with Gasteiger partial charge in [-0.05, 0) is 48.4 Å². The normalized spacial score (nSPS) is 26.3. The number of aromatic nitrogens is 2. The number of H-pyrrole nitrogens is 1. The van der Waals surface area contributed by atoms with Crippen molar-refractivity contribution in [3.05, 3.63) is 46.3 Å². The number of rotatable bonds is 2. The third-order valence-electron chi connectivity index (χ3n) is 6.53. The number of ether oxygens (including phenoxy) is 1. The van der Waals surface area contributed by atoms with Gasteiger partial charge in [-0.2, -0.15) is 5.10 Å². The number of aromatic carboxylic acids is 1. The Bertz CT molecular complexity index is 868. The van der Waals surface area contributed by atoms with E-state index in [0.29, 0.717) is 12.3 Å². The maximum atomic E-state index is 11.7. The summed E-state index contributed by atoms with van der Waals surface area (Å²) in [6.45, 7) is 6.70. The molecule has 0 radical (unpaired) electrons. The van der Waals surface area contributed by atoms with E-state index in [1.165, 1.54) is 11.1 Å². The minimum Gasteiger partial charge on any atom is -0.497 e. The summed E-state index contributed by atoms with van der Waals surface area (Å²) in [5.41, 5.74) is 4.35. The van der Waals surface area contributed by atoms with Gasteiger partial charge in [0.05, 0.1) is 7.11 Å². The maximum Gasteiger partial charge on any atom is 0.356 e. The van der Waals surface area contributed by atoms with Crippen molar-refractivity contribution < 1.29 is 14.6 Å². The Morgan fingerprint density at radius 2 is 2.12 bits per heavy atom. The van der Waals surface area contributed by atoms with E-state index in [2.05, 4.69) is 43.1 Å². The van der Waals surface area contributed by atoms with Crippen molar-refractivity contribution in [3.63, 3.8) is 0 Å². The van der Waals surface area contributed by atoms with Crippen LogP contribution in [0.25, 0.3) is 0 Å². The highest BCUT2D eigenvalue weighted by atomic mass is 16.5. The summed E-state index contributed by atoms with van der Waals surface area (Å²) >= 11 is 0. The van der Waals surface area contributed by atoms with E-state index in [4.69, 9.17) is 4.74 Å². The number of fused-ring (bicyclic) bond motifs is 4. The molecule has 0 fully saturated rings. The molecule has 0 saturated heterocycles. The van der Waals surface area contributed by atoms with E-state index in [-0.39, 0.29) is 16.5 Å². The van der Waals surface area contributed by atoms with E-state index in [1.807, 2.05) is 6.07 Å². The van der Waals surface area contributed by atoms with Gasteiger partial charge in [0.15, 0.2) is 5.69 Å². The zero-order chi connectivity index (χ0) is 18.0. The van der Waals surface area contributed by atoms with Crippen molar-refractivity contribution in [2.75, 3.05) is 7.11 Å². The molecule has 5 heteroatoms. The Labute approximate surface area is 147 Å². The summed E-state index contributed by atoms with van der Waals surface area (Å²) < 4.78 is 5.46. The standard InChI is InChI=1S/C20H24N2O3/c1-19(2)15-8-6-11-5-7-12(25-4)9-14(11)20(15,3)10-13-16(18(23)24)21-22-17(13)19/h5,7,9,15H,6,8,10H2,1-4H3,(H,21,22)(H,23,24)/t15-,20+/m0/s1. The van der Waals surface area contributed by atoms with Crippen molar-refractivity contribution in [1.29, 1.82) is 0 Å². The number of carboxylic acid groups (broad SMARTS) is 1. The quantitative estimate of drug-likeness (QED) is 0.878. The predicted molar refractivity (Wildman–Crippen MR) is 94.4 cm³/mol. The van der Waals surface area contributed by atoms with Crippen LogP contribution in [0.1, 0.15) is 60.1 Å². The summed E-state index contributed by atoms with van der Waals surface area (Å²) in [7, 11) is 1.69. The predicted octanol–water partition coefficient (Wildman–Crippen LogP) is 3.47. The molecule has 2 aliphatic rings.